The van der Waals surface area contributed by atoms with E-state index < -0.39 is 0 Å². The summed E-state index contributed by atoms with van der Waals surface area (Å²) in [6.07, 6.45) is 5.23. The molecule has 4 heteroatoms. The summed E-state index contributed by atoms with van der Waals surface area (Å²) in [6, 6.07) is 0. The van der Waals surface area contributed by atoms with Gasteiger partial charge in [0.1, 0.15) is 0 Å². The number of amides is 2. The predicted molar refractivity (Wildman–Crippen MR) is 56.2 cm³/mol. The molecular weight excluding hydrogens is 192 g/mol. The summed E-state index contributed by atoms with van der Waals surface area (Å²) in [4.78, 5) is 25.1. The Bertz CT molecular complexity index is 259. The van der Waals surface area contributed by atoms with E-state index in [0.29, 0.717) is 6.54 Å². The van der Waals surface area contributed by atoms with E-state index in [1.54, 1.807) is 4.90 Å². The van der Waals surface area contributed by atoms with Crippen molar-refractivity contribution in [1.82, 2.24) is 10.2 Å². The second kappa shape index (κ2) is 4.64. The fourth-order valence-electron chi connectivity index (χ4n) is 2.43. The highest BCUT2D eigenvalue weighted by Gasteiger charge is 2.28. The van der Waals surface area contributed by atoms with Gasteiger partial charge in [-0.2, -0.15) is 0 Å². The molecule has 15 heavy (non-hydrogen) atoms. The average molecular weight is 210 g/mol. The fraction of sp³-hybridized carbons (Fsp3) is 0.818. The first-order valence-electron chi connectivity index (χ1n) is 5.83. The van der Waals surface area contributed by atoms with E-state index in [-0.39, 0.29) is 24.3 Å². The Morgan fingerprint density at radius 1 is 1.27 bits per heavy atom. The maximum atomic E-state index is 12.0. The van der Waals surface area contributed by atoms with Crippen molar-refractivity contribution in [3.8, 4) is 0 Å². The maximum Gasteiger partial charge on any atom is 0.239 e. The third-order valence-corrected chi connectivity index (χ3v) is 3.28. The monoisotopic (exact) mass is 210 g/mol. The van der Waals surface area contributed by atoms with Crippen LogP contribution in [0.15, 0.2) is 0 Å². The lowest BCUT2D eigenvalue weighted by Crippen LogP contribution is -2.40. The van der Waals surface area contributed by atoms with Gasteiger partial charge in [0.25, 0.3) is 0 Å². The summed E-state index contributed by atoms with van der Waals surface area (Å²) >= 11 is 0. The van der Waals surface area contributed by atoms with E-state index in [1.165, 1.54) is 0 Å². The molecule has 0 aromatic rings. The molecular formula is C11H18N2O2. The van der Waals surface area contributed by atoms with Gasteiger partial charge in [-0.05, 0) is 19.3 Å². The molecule has 1 heterocycles. The van der Waals surface area contributed by atoms with Crippen molar-refractivity contribution in [2.75, 3.05) is 19.6 Å². The normalized spacial score (nSPS) is 23.7. The van der Waals surface area contributed by atoms with Crippen molar-refractivity contribution in [2.24, 2.45) is 5.92 Å². The van der Waals surface area contributed by atoms with Crippen LogP contribution in [-0.2, 0) is 9.59 Å². The number of nitrogens with one attached hydrogen (secondary N) is 1. The van der Waals surface area contributed by atoms with Crippen LogP contribution in [0.3, 0.4) is 0 Å². The summed E-state index contributed by atoms with van der Waals surface area (Å²) < 4.78 is 0. The van der Waals surface area contributed by atoms with Gasteiger partial charge in [-0.25, -0.2) is 0 Å². The molecule has 0 spiro atoms. The largest absolute Gasteiger partial charge is 0.354 e. The summed E-state index contributed by atoms with van der Waals surface area (Å²) in [7, 11) is 0. The molecule has 4 nitrogen and oxygen atoms in total. The quantitative estimate of drug-likeness (QED) is 0.686. The first-order chi connectivity index (χ1) is 7.27. The SMILES string of the molecule is O=C1CN(C(=O)C2CCCC2)CCCN1. The molecule has 1 N–H and O–H groups in total. The van der Waals surface area contributed by atoms with Crippen LogP contribution in [-0.4, -0.2) is 36.3 Å². The number of rotatable bonds is 1. The highest BCUT2D eigenvalue weighted by atomic mass is 16.2. The fourth-order valence-corrected chi connectivity index (χ4v) is 2.43. The third-order valence-electron chi connectivity index (χ3n) is 3.28. The predicted octanol–water partition coefficient (Wildman–Crippen LogP) is 0.525. The lowest BCUT2D eigenvalue weighted by atomic mass is 10.1. The van der Waals surface area contributed by atoms with Crippen molar-refractivity contribution >= 4 is 11.8 Å². The Morgan fingerprint density at radius 3 is 2.73 bits per heavy atom. The smallest absolute Gasteiger partial charge is 0.239 e. The molecule has 2 amide bonds. The van der Waals surface area contributed by atoms with Crippen molar-refractivity contribution < 1.29 is 9.59 Å². The van der Waals surface area contributed by atoms with Gasteiger partial charge in [-0.1, -0.05) is 12.8 Å². The van der Waals surface area contributed by atoms with Crippen LogP contribution < -0.4 is 5.32 Å². The van der Waals surface area contributed by atoms with E-state index in [1.807, 2.05) is 0 Å². The molecule has 1 saturated carbocycles. The molecule has 84 valence electrons. The van der Waals surface area contributed by atoms with Gasteiger partial charge >= 0.3 is 0 Å². The van der Waals surface area contributed by atoms with Gasteiger partial charge in [0, 0.05) is 19.0 Å². The van der Waals surface area contributed by atoms with Gasteiger partial charge in [-0.3, -0.25) is 9.59 Å². The first kappa shape index (κ1) is 10.5. The second-order valence-electron chi connectivity index (χ2n) is 4.44. The van der Waals surface area contributed by atoms with Gasteiger partial charge in [0.2, 0.25) is 11.8 Å². The molecule has 0 aromatic heterocycles. The molecule has 2 aliphatic rings. The molecule has 2 fully saturated rings. The second-order valence-corrected chi connectivity index (χ2v) is 4.44. The van der Waals surface area contributed by atoms with Crippen LogP contribution in [0.4, 0.5) is 0 Å². The maximum absolute atomic E-state index is 12.0. The third kappa shape index (κ3) is 2.49. The topological polar surface area (TPSA) is 49.4 Å². The Balaban J connectivity index is 1.95. The van der Waals surface area contributed by atoms with Crippen molar-refractivity contribution in [3.63, 3.8) is 0 Å². The zero-order valence-corrected chi connectivity index (χ0v) is 9.00. The van der Waals surface area contributed by atoms with Crippen molar-refractivity contribution in [1.29, 1.82) is 0 Å². The van der Waals surface area contributed by atoms with Crippen LogP contribution in [0.25, 0.3) is 0 Å². The van der Waals surface area contributed by atoms with E-state index in [9.17, 15) is 9.59 Å². The van der Waals surface area contributed by atoms with E-state index in [2.05, 4.69) is 5.32 Å². The molecule has 0 atom stereocenters. The highest BCUT2D eigenvalue weighted by molar-refractivity contribution is 5.86. The highest BCUT2D eigenvalue weighted by Crippen LogP contribution is 2.26. The molecule has 0 bridgehead atoms. The number of nitrogens with zero attached hydrogens (tertiary/aromatic N) is 1. The van der Waals surface area contributed by atoms with Gasteiger partial charge in [-0.15, -0.1) is 0 Å². The minimum absolute atomic E-state index is 0.0150. The van der Waals surface area contributed by atoms with Crippen LogP contribution >= 0.6 is 0 Å². The van der Waals surface area contributed by atoms with Gasteiger partial charge in [0.15, 0.2) is 0 Å². The molecule has 1 saturated heterocycles. The number of hydrogen-bond acceptors (Lipinski definition) is 2. The lowest BCUT2D eigenvalue weighted by Gasteiger charge is -2.22. The van der Waals surface area contributed by atoms with Gasteiger partial charge < -0.3 is 10.2 Å². The Kier molecular flexibility index (Phi) is 3.23. The first-order valence-corrected chi connectivity index (χ1v) is 5.83. The van der Waals surface area contributed by atoms with Crippen LogP contribution in [0.5, 0.6) is 0 Å². The molecule has 2 rings (SSSR count). The lowest BCUT2D eigenvalue weighted by molar-refractivity contribution is -0.138. The summed E-state index contributed by atoms with van der Waals surface area (Å²) in [6.45, 7) is 1.69. The van der Waals surface area contributed by atoms with Crippen LogP contribution in [0, 0.1) is 5.92 Å². The zero-order chi connectivity index (χ0) is 10.7. The minimum Gasteiger partial charge on any atom is -0.354 e. The summed E-state index contributed by atoms with van der Waals surface area (Å²) in [5.74, 6) is 0.374. The van der Waals surface area contributed by atoms with Crippen LogP contribution in [0.1, 0.15) is 32.1 Å². The summed E-state index contributed by atoms with van der Waals surface area (Å²) in [5.41, 5.74) is 0. The summed E-state index contributed by atoms with van der Waals surface area (Å²) in [5, 5.41) is 2.79. The van der Waals surface area contributed by atoms with E-state index in [0.717, 1.165) is 38.6 Å². The van der Waals surface area contributed by atoms with Crippen molar-refractivity contribution in [3.05, 3.63) is 0 Å². The number of hydrogen-bond donors (Lipinski definition) is 1. The Labute approximate surface area is 90.0 Å². The molecule has 0 aromatic carbocycles. The standard InChI is InChI=1S/C11H18N2O2/c14-10-8-13(7-3-6-12-10)11(15)9-4-1-2-5-9/h9H,1-8H2,(H,12,14). The number of carbonyl (C=O) groups is 2. The number of carbonyl (C=O) groups excluding carboxylic acids is 2. The zero-order valence-electron chi connectivity index (χ0n) is 9.00. The average Bonchev–Trinajstić information content (AvgIpc) is 2.67. The Hall–Kier alpha value is -1.06. The molecule has 0 unspecified atom stereocenters. The van der Waals surface area contributed by atoms with E-state index in [4.69, 9.17) is 0 Å². The molecule has 0 radical (unpaired) electrons. The van der Waals surface area contributed by atoms with Crippen molar-refractivity contribution in [2.45, 2.75) is 32.1 Å². The molecule has 1 aliphatic heterocycles. The van der Waals surface area contributed by atoms with Crippen LogP contribution in [0.2, 0.25) is 0 Å². The van der Waals surface area contributed by atoms with E-state index >= 15 is 0 Å². The molecule has 1 aliphatic carbocycles. The minimum atomic E-state index is -0.0150. The van der Waals surface area contributed by atoms with Gasteiger partial charge in [0.05, 0.1) is 6.54 Å². The Morgan fingerprint density at radius 2 is 2.00 bits per heavy atom.